The van der Waals surface area contributed by atoms with Gasteiger partial charge in [0.05, 0.1) is 16.6 Å². The topological polar surface area (TPSA) is 54.0 Å². The maximum atomic E-state index is 11.9. The summed E-state index contributed by atoms with van der Waals surface area (Å²) in [5.74, 6) is 0.0923. The lowest BCUT2D eigenvalue weighted by Crippen LogP contribution is -2.30. The van der Waals surface area contributed by atoms with Gasteiger partial charge in [0.1, 0.15) is 0 Å². The summed E-state index contributed by atoms with van der Waals surface area (Å²) in [5, 5.41) is 6.52. The standard InChI is InChI=1S/C15H15Cl2N3O/c1-10(11-5-3-2-4-6-11)18-9-14(21)20-15-13(17)7-12(16)8-19-15/h2-8,10,18H,9H2,1H3,(H,19,20,21)/t10-/m1/s1. The van der Waals surface area contributed by atoms with E-state index in [0.29, 0.717) is 15.9 Å². The van der Waals surface area contributed by atoms with Gasteiger partial charge in [0.2, 0.25) is 5.91 Å². The van der Waals surface area contributed by atoms with Crippen molar-refractivity contribution in [2.24, 2.45) is 0 Å². The predicted octanol–water partition coefficient (Wildman–Crippen LogP) is 3.68. The van der Waals surface area contributed by atoms with Crippen LogP contribution in [0.15, 0.2) is 42.6 Å². The Morgan fingerprint density at radius 2 is 2.00 bits per heavy atom. The molecule has 2 aromatic rings. The number of nitrogens with one attached hydrogen (secondary N) is 2. The first kappa shape index (κ1) is 15.8. The summed E-state index contributed by atoms with van der Waals surface area (Å²) < 4.78 is 0. The van der Waals surface area contributed by atoms with Crippen molar-refractivity contribution in [2.45, 2.75) is 13.0 Å². The van der Waals surface area contributed by atoms with Gasteiger partial charge < -0.3 is 10.6 Å². The summed E-state index contributed by atoms with van der Waals surface area (Å²) in [6, 6.07) is 11.5. The Bertz CT molecular complexity index is 620. The minimum atomic E-state index is -0.213. The molecule has 0 bridgehead atoms. The molecule has 1 heterocycles. The number of hydrogen-bond donors (Lipinski definition) is 2. The quantitative estimate of drug-likeness (QED) is 0.882. The predicted molar refractivity (Wildman–Crippen MR) is 85.7 cm³/mol. The smallest absolute Gasteiger partial charge is 0.239 e. The third kappa shape index (κ3) is 4.70. The van der Waals surface area contributed by atoms with E-state index in [9.17, 15) is 4.79 Å². The van der Waals surface area contributed by atoms with E-state index < -0.39 is 0 Å². The Hall–Kier alpha value is -1.62. The van der Waals surface area contributed by atoms with Gasteiger partial charge in [-0.1, -0.05) is 53.5 Å². The normalized spacial score (nSPS) is 12.0. The second-order valence-corrected chi connectivity index (χ2v) is 5.39. The Balaban J connectivity index is 1.87. The molecule has 0 aliphatic heterocycles. The van der Waals surface area contributed by atoms with Crippen LogP contribution in [0.5, 0.6) is 0 Å². The average Bonchev–Trinajstić information content (AvgIpc) is 2.48. The first-order chi connectivity index (χ1) is 10.1. The fraction of sp³-hybridized carbons (Fsp3) is 0.200. The number of nitrogens with zero attached hydrogens (tertiary/aromatic N) is 1. The molecule has 1 amide bonds. The largest absolute Gasteiger partial charge is 0.308 e. The molecule has 1 atom stereocenters. The third-order valence-corrected chi connectivity index (χ3v) is 3.43. The van der Waals surface area contributed by atoms with Gasteiger partial charge in [0, 0.05) is 12.2 Å². The van der Waals surface area contributed by atoms with Crippen LogP contribution >= 0.6 is 23.2 Å². The molecule has 0 radical (unpaired) electrons. The van der Waals surface area contributed by atoms with Crippen molar-refractivity contribution < 1.29 is 4.79 Å². The van der Waals surface area contributed by atoms with E-state index in [0.717, 1.165) is 5.56 Å². The Kier molecular flexibility index (Phi) is 5.56. The molecule has 1 aromatic carbocycles. The highest BCUT2D eigenvalue weighted by Gasteiger charge is 2.10. The maximum absolute atomic E-state index is 11.9. The van der Waals surface area contributed by atoms with Crippen LogP contribution in [0.25, 0.3) is 0 Å². The fourth-order valence-electron chi connectivity index (χ4n) is 1.79. The summed E-state index contributed by atoms with van der Waals surface area (Å²) in [7, 11) is 0. The van der Waals surface area contributed by atoms with Gasteiger partial charge in [-0.15, -0.1) is 0 Å². The van der Waals surface area contributed by atoms with Crippen LogP contribution in [0.3, 0.4) is 0 Å². The minimum absolute atomic E-state index is 0.0746. The lowest BCUT2D eigenvalue weighted by molar-refractivity contribution is -0.115. The fourth-order valence-corrected chi connectivity index (χ4v) is 2.22. The van der Waals surface area contributed by atoms with Gasteiger partial charge >= 0.3 is 0 Å². The number of anilines is 1. The van der Waals surface area contributed by atoms with Crippen LogP contribution in [0.1, 0.15) is 18.5 Å². The van der Waals surface area contributed by atoms with Crippen LogP contribution in [0.4, 0.5) is 5.82 Å². The average molecular weight is 324 g/mol. The molecule has 1 aromatic heterocycles. The first-order valence-electron chi connectivity index (χ1n) is 6.45. The van der Waals surface area contributed by atoms with Gasteiger partial charge in [-0.05, 0) is 18.6 Å². The van der Waals surface area contributed by atoms with Crippen LogP contribution in [0.2, 0.25) is 10.0 Å². The van der Waals surface area contributed by atoms with Crippen molar-refractivity contribution in [3.63, 3.8) is 0 Å². The lowest BCUT2D eigenvalue weighted by atomic mass is 10.1. The third-order valence-electron chi connectivity index (χ3n) is 2.93. The van der Waals surface area contributed by atoms with E-state index in [2.05, 4.69) is 15.6 Å². The number of pyridine rings is 1. The molecule has 21 heavy (non-hydrogen) atoms. The van der Waals surface area contributed by atoms with Crippen LogP contribution in [0, 0.1) is 0 Å². The molecule has 0 saturated carbocycles. The highest BCUT2D eigenvalue weighted by Crippen LogP contribution is 2.22. The molecule has 2 rings (SSSR count). The van der Waals surface area contributed by atoms with Crippen molar-refractivity contribution in [1.29, 1.82) is 0 Å². The summed E-state index contributed by atoms with van der Waals surface area (Å²) in [5.41, 5.74) is 1.12. The van der Waals surface area contributed by atoms with E-state index in [4.69, 9.17) is 23.2 Å². The number of rotatable bonds is 5. The van der Waals surface area contributed by atoms with Gasteiger partial charge in [-0.25, -0.2) is 4.98 Å². The SMILES string of the molecule is C[C@@H](NCC(=O)Nc1ncc(Cl)cc1Cl)c1ccccc1. The molecule has 0 aliphatic rings. The van der Waals surface area contributed by atoms with E-state index in [1.165, 1.54) is 12.3 Å². The number of benzene rings is 1. The highest BCUT2D eigenvalue weighted by atomic mass is 35.5. The number of carbonyl (C=O) groups excluding carboxylic acids is 1. The molecule has 0 spiro atoms. The van der Waals surface area contributed by atoms with Crippen molar-refractivity contribution in [1.82, 2.24) is 10.3 Å². The summed E-state index contributed by atoms with van der Waals surface area (Å²) in [6.07, 6.45) is 1.43. The molecular weight excluding hydrogens is 309 g/mol. The Labute approximate surface area is 133 Å². The van der Waals surface area contributed by atoms with Crippen LogP contribution < -0.4 is 10.6 Å². The molecule has 0 saturated heterocycles. The summed E-state index contributed by atoms with van der Waals surface area (Å²) in [4.78, 5) is 15.9. The Morgan fingerprint density at radius 3 is 2.67 bits per heavy atom. The summed E-state index contributed by atoms with van der Waals surface area (Å²) >= 11 is 11.7. The van der Waals surface area contributed by atoms with Crippen LogP contribution in [-0.2, 0) is 4.79 Å². The Morgan fingerprint density at radius 1 is 1.29 bits per heavy atom. The van der Waals surface area contributed by atoms with Crippen molar-refractivity contribution in [3.8, 4) is 0 Å². The number of hydrogen-bond acceptors (Lipinski definition) is 3. The van der Waals surface area contributed by atoms with Gasteiger partial charge in [0.25, 0.3) is 0 Å². The lowest BCUT2D eigenvalue weighted by Gasteiger charge is -2.14. The zero-order chi connectivity index (χ0) is 15.2. The van der Waals surface area contributed by atoms with Crippen molar-refractivity contribution in [3.05, 3.63) is 58.2 Å². The highest BCUT2D eigenvalue weighted by molar-refractivity contribution is 6.36. The van der Waals surface area contributed by atoms with Crippen molar-refractivity contribution in [2.75, 3.05) is 11.9 Å². The van der Waals surface area contributed by atoms with E-state index >= 15 is 0 Å². The number of carbonyl (C=O) groups is 1. The molecule has 4 nitrogen and oxygen atoms in total. The molecule has 0 aliphatic carbocycles. The van der Waals surface area contributed by atoms with Crippen LogP contribution in [-0.4, -0.2) is 17.4 Å². The summed E-state index contributed by atoms with van der Waals surface area (Å²) in [6.45, 7) is 2.16. The molecule has 2 N–H and O–H groups in total. The monoisotopic (exact) mass is 323 g/mol. The van der Waals surface area contributed by atoms with Gasteiger partial charge in [-0.2, -0.15) is 0 Å². The van der Waals surface area contributed by atoms with Gasteiger partial charge in [0.15, 0.2) is 5.82 Å². The first-order valence-corrected chi connectivity index (χ1v) is 7.21. The van der Waals surface area contributed by atoms with Crippen molar-refractivity contribution >= 4 is 34.9 Å². The number of amides is 1. The zero-order valence-corrected chi connectivity index (χ0v) is 12.9. The maximum Gasteiger partial charge on any atom is 0.239 e. The zero-order valence-electron chi connectivity index (χ0n) is 11.4. The van der Waals surface area contributed by atoms with E-state index in [1.54, 1.807) is 0 Å². The van der Waals surface area contributed by atoms with Gasteiger partial charge in [-0.3, -0.25) is 4.79 Å². The second-order valence-electron chi connectivity index (χ2n) is 4.55. The molecule has 110 valence electrons. The number of halogens is 2. The second kappa shape index (κ2) is 7.41. The molecular formula is C15H15Cl2N3O. The van der Waals surface area contributed by atoms with E-state index in [1.807, 2.05) is 37.3 Å². The minimum Gasteiger partial charge on any atom is -0.308 e. The molecule has 0 fully saturated rings. The number of aromatic nitrogens is 1. The van der Waals surface area contributed by atoms with E-state index in [-0.39, 0.29) is 18.5 Å². The molecule has 6 heteroatoms. The molecule has 0 unspecified atom stereocenters.